The molecule has 2 heterocycles. The maximum atomic E-state index is 5.46. The van der Waals surface area contributed by atoms with Crippen molar-refractivity contribution in [1.82, 2.24) is 9.97 Å². The van der Waals surface area contributed by atoms with Gasteiger partial charge in [0.2, 0.25) is 0 Å². The lowest BCUT2D eigenvalue weighted by Gasteiger charge is -1.99. The molecule has 0 aromatic carbocycles. The fourth-order valence-corrected chi connectivity index (χ4v) is 1.32. The predicted octanol–water partition coefficient (Wildman–Crippen LogP) is 1.13. The van der Waals surface area contributed by atoms with Crippen molar-refractivity contribution >= 4 is 10.9 Å². The fourth-order valence-electron chi connectivity index (χ4n) is 1.32. The molecule has 0 amide bonds. The number of nitrogens with two attached hydrogens (primary N) is 1. The second-order valence-electron chi connectivity index (χ2n) is 2.95. The lowest BCUT2D eigenvalue weighted by Crippen LogP contribution is -2.02. The first-order valence-corrected chi connectivity index (χ1v) is 4.29. The van der Waals surface area contributed by atoms with Crippen molar-refractivity contribution in [3.8, 4) is 0 Å². The zero-order valence-corrected chi connectivity index (χ0v) is 7.27. The van der Waals surface area contributed by atoms with Gasteiger partial charge in [0.05, 0.1) is 5.52 Å². The van der Waals surface area contributed by atoms with Crippen molar-refractivity contribution in [2.75, 3.05) is 6.54 Å². The zero-order valence-electron chi connectivity index (χ0n) is 7.27. The topological polar surface area (TPSA) is 51.8 Å². The molecule has 3 nitrogen and oxygen atoms in total. The Morgan fingerprint density at radius 1 is 1.31 bits per heavy atom. The Bertz CT molecular complexity index is 412. The second kappa shape index (κ2) is 3.49. The van der Waals surface area contributed by atoms with Crippen LogP contribution in [0.3, 0.4) is 0 Å². The lowest BCUT2D eigenvalue weighted by molar-refractivity contribution is 0.963. The Hall–Kier alpha value is -1.48. The first kappa shape index (κ1) is 8.13. The van der Waals surface area contributed by atoms with E-state index in [1.807, 2.05) is 18.5 Å². The third-order valence-corrected chi connectivity index (χ3v) is 1.97. The molecule has 3 heteroatoms. The van der Waals surface area contributed by atoms with Crippen molar-refractivity contribution in [2.24, 2.45) is 5.73 Å². The minimum Gasteiger partial charge on any atom is -0.330 e. The Morgan fingerprint density at radius 3 is 3.08 bits per heavy atom. The summed E-state index contributed by atoms with van der Waals surface area (Å²) in [4.78, 5) is 8.35. The van der Waals surface area contributed by atoms with Crippen molar-refractivity contribution in [3.05, 3.63) is 36.3 Å². The summed E-state index contributed by atoms with van der Waals surface area (Å²) >= 11 is 0. The van der Waals surface area contributed by atoms with Crippen LogP contribution in [0.15, 0.2) is 30.7 Å². The molecule has 2 aromatic rings. The molecule has 66 valence electrons. The van der Waals surface area contributed by atoms with Crippen LogP contribution in [-0.2, 0) is 6.42 Å². The molecule has 2 aromatic heterocycles. The largest absolute Gasteiger partial charge is 0.330 e. The average molecular weight is 173 g/mol. The molecule has 0 spiro atoms. The summed E-state index contributed by atoms with van der Waals surface area (Å²) < 4.78 is 0. The minimum absolute atomic E-state index is 0.660. The van der Waals surface area contributed by atoms with E-state index in [0.29, 0.717) is 6.54 Å². The maximum Gasteiger partial charge on any atom is 0.0732 e. The smallest absolute Gasteiger partial charge is 0.0732 e. The van der Waals surface area contributed by atoms with Crippen LogP contribution in [0.5, 0.6) is 0 Å². The van der Waals surface area contributed by atoms with E-state index in [0.717, 1.165) is 17.3 Å². The summed E-state index contributed by atoms with van der Waals surface area (Å²) in [5, 5.41) is 1.08. The van der Waals surface area contributed by atoms with Gasteiger partial charge in [-0.25, -0.2) is 0 Å². The van der Waals surface area contributed by atoms with E-state index in [1.54, 1.807) is 6.20 Å². The van der Waals surface area contributed by atoms with E-state index in [9.17, 15) is 0 Å². The second-order valence-corrected chi connectivity index (χ2v) is 2.95. The highest BCUT2D eigenvalue weighted by molar-refractivity contribution is 5.77. The molecule has 0 bridgehead atoms. The van der Waals surface area contributed by atoms with E-state index in [2.05, 4.69) is 16.0 Å². The molecular formula is C10H11N3. The lowest BCUT2D eigenvalue weighted by atomic mass is 10.1. The molecule has 0 saturated carbocycles. The summed E-state index contributed by atoms with van der Waals surface area (Å²) in [6, 6.07) is 3.99. The van der Waals surface area contributed by atoms with Gasteiger partial charge in [0.15, 0.2) is 0 Å². The van der Waals surface area contributed by atoms with Crippen LogP contribution in [0.1, 0.15) is 5.56 Å². The number of fused-ring (bicyclic) bond motifs is 1. The molecule has 2 rings (SSSR count). The summed E-state index contributed by atoms with van der Waals surface area (Å²) in [7, 11) is 0. The van der Waals surface area contributed by atoms with Gasteiger partial charge in [-0.3, -0.25) is 9.97 Å². The third kappa shape index (κ3) is 1.65. The molecule has 0 unspecified atom stereocenters. The summed E-state index contributed by atoms with van der Waals surface area (Å²) in [6.07, 6.45) is 6.31. The van der Waals surface area contributed by atoms with Gasteiger partial charge < -0.3 is 5.73 Å². The highest BCUT2D eigenvalue weighted by Crippen LogP contribution is 2.11. The van der Waals surface area contributed by atoms with Gasteiger partial charge in [-0.2, -0.15) is 0 Å². The molecule has 0 fully saturated rings. The van der Waals surface area contributed by atoms with E-state index < -0.39 is 0 Å². The molecule has 0 saturated heterocycles. The highest BCUT2D eigenvalue weighted by Gasteiger charge is 1.96. The first-order valence-electron chi connectivity index (χ1n) is 4.29. The van der Waals surface area contributed by atoms with Gasteiger partial charge in [-0.05, 0) is 30.7 Å². The maximum absolute atomic E-state index is 5.46. The number of aromatic nitrogens is 2. The van der Waals surface area contributed by atoms with Crippen LogP contribution < -0.4 is 5.73 Å². The molecule has 2 N–H and O–H groups in total. The quantitative estimate of drug-likeness (QED) is 0.740. The Morgan fingerprint density at radius 2 is 2.23 bits per heavy atom. The van der Waals surface area contributed by atoms with Crippen LogP contribution in [0, 0.1) is 0 Å². The van der Waals surface area contributed by atoms with E-state index >= 15 is 0 Å². The molecule has 0 aliphatic heterocycles. The van der Waals surface area contributed by atoms with Gasteiger partial charge in [-0.15, -0.1) is 0 Å². The average Bonchev–Trinajstić information content (AvgIpc) is 2.18. The molecular weight excluding hydrogens is 162 g/mol. The van der Waals surface area contributed by atoms with Gasteiger partial charge in [-0.1, -0.05) is 0 Å². The van der Waals surface area contributed by atoms with E-state index in [4.69, 9.17) is 5.73 Å². The number of hydrogen-bond donors (Lipinski definition) is 1. The summed E-state index contributed by atoms with van der Waals surface area (Å²) in [5.74, 6) is 0. The van der Waals surface area contributed by atoms with Crippen molar-refractivity contribution in [1.29, 1.82) is 0 Å². The number of hydrogen-bond acceptors (Lipinski definition) is 3. The Labute approximate surface area is 76.6 Å². The standard InChI is InChI=1S/C10H11N3/c11-3-1-8-5-9-7-12-4-2-10(9)13-6-8/h2,4-7H,1,3,11H2. The van der Waals surface area contributed by atoms with E-state index in [-0.39, 0.29) is 0 Å². The fraction of sp³-hybridized carbons (Fsp3) is 0.200. The predicted molar refractivity (Wildman–Crippen MR) is 52.3 cm³/mol. The first-order chi connectivity index (χ1) is 6.40. The Balaban J connectivity index is 2.49. The summed E-state index contributed by atoms with van der Waals surface area (Å²) in [6.45, 7) is 0.660. The highest BCUT2D eigenvalue weighted by atomic mass is 14.7. The minimum atomic E-state index is 0.660. The Kier molecular flexibility index (Phi) is 2.19. The van der Waals surface area contributed by atoms with Crippen LogP contribution in [0.2, 0.25) is 0 Å². The normalized spacial score (nSPS) is 10.5. The third-order valence-electron chi connectivity index (χ3n) is 1.97. The van der Waals surface area contributed by atoms with Crippen LogP contribution >= 0.6 is 0 Å². The van der Waals surface area contributed by atoms with Crippen LogP contribution in [0.25, 0.3) is 10.9 Å². The van der Waals surface area contributed by atoms with Crippen LogP contribution in [-0.4, -0.2) is 16.5 Å². The molecule has 13 heavy (non-hydrogen) atoms. The number of nitrogens with zero attached hydrogens (tertiary/aromatic N) is 2. The van der Waals surface area contributed by atoms with E-state index in [1.165, 1.54) is 5.56 Å². The van der Waals surface area contributed by atoms with Crippen molar-refractivity contribution < 1.29 is 0 Å². The molecule has 0 atom stereocenters. The zero-order chi connectivity index (χ0) is 9.10. The monoisotopic (exact) mass is 173 g/mol. The van der Waals surface area contributed by atoms with Crippen LogP contribution in [0.4, 0.5) is 0 Å². The summed E-state index contributed by atoms with van der Waals surface area (Å²) in [5.41, 5.74) is 7.61. The number of pyridine rings is 2. The van der Waals surface area contributed by atoms with Gasteiger partial charge in [0.25, 0.3) is 0 Å². The molecule has 0 aliphatic carbocycles. The van der Waals surface area contributed by atoms with Gasteiger partial charge in [0, 0.05) is 24.0 Å². The number of rotatable bonds is 2. The van der Waals surface area contributed by atoms with Gasteiger partial charge >= 0.3 is 0 Å². The SMILES string of the molecule is NCCc1cnc2ccncc2c1. The van der Waals surface area contributed by atoms with Gasteiger partial charge in [0.1, 0.15) is 0 Å². The van der Waals surface area contributed by atoms with Crippen molar-refractivity contribution in [3.63, 3.8) is 0 Å². The van der Waals surface area contributed by atoms with Crippen molar-refractivity contribution in [2.45, 2.75) is 6.42 Å². The molecule has 0 radical (unpaired) electrons. The molecule has 0 aliphatic rings.